The fourth-order valence-corrected chi connectivity index (χ4v) is 2.47. The summed E-state index contributed by atoms with van der Waals surface area (Å²) in [6, 6.07) is 7.40. The molecule has 0 aliphatic heterocycles. The Kier molecular flexibility index (Phi) is 7.17. The smallest absolute Gasteiger partial charge is 0.422 e. The van der Waals surface area contributed by atoms with E-state index >= 15 is 0 Å². The first kappa shape index (κ1) is 18.0. The molecule has 0 aliphatic rings. The minimum absolute atomic E-state index is 0.190. The van der Waals surface area contributed by atoms with Crippen LogP contribution >= 0.6 is 23.4 Å². The zero-order valence-corrected chi connectivity index (χ0v) is 12.8. The van der Waals surface area contributed by atoms with Gasteiger partial charge in [-0.3, -0.25) is 0 Å². The van der Waals surface area contributed by atoms with Crippen molar-refractivity contribution in [1.29, 1.82) is 0 Å². The molecule has 0 aliphatic carbocycles. The van der Waals surface area contributed by atoms with Crippen molar-refractivity contribution in [2.45, 2.75) is 18.3 Å². The van der Waals surface area contributed by atoms with E-state index < -0.39 is 18.9 Å². The highest BCUT2D eigenvalue weighted by molar-refractivity contribution is 7.99. The zero-order valence-electron chi connectivity index (χ0n) is 11.2. The van der Waals surface area contributed by atoms with Crippen molar-refractivity contribution < 1.29 is 22.7 Å². The molecule has 1 aromatic rings. The first-order valence-corrected chi connectivity index (χ1v) is 7.55. The highest BCUT2D eigenvalue weighted by Gasteiger charge is 2.29. The van der Waals surface area contributed by atoms with Gasteiger partial charge in [-0.1, -0.05) is 23.7 Å². The monoisotopic (exact) mass is 341 g/mol. The molecule has 1 rings (SSSR count). The number of carbonyl (C=O) groups excluding carboxylic acids is 1. The number of thioether (sulfide) groups is 1. The van der Waals surface area contributed by atoms with E-state index in [1.165, 1.54) is 0 Å². The van der Waals surface area contributed by atoms with Gasteiger partial charge in [0.25, 0.3) is 0 Å². The van der Waals surface area contributed by atoms with Gasteiger partial charge in [-0.15, -0.1) is 0 Å². The highest BCUT2D eigenvalue weighted by atomic mass is 35.5. The number of hydrogen-bond donors (Lipinski definition) is 1. The Morgan fingerprint density at radius 3 is 2.57 bits per heavy atom. The van der Waals surface area contributed by atoms with E-state index in [0.717, 1.165) is 5.56 Å². The van der Waals surface area contributed by atoms with Gasteiger partial charge in [-0.05, 0) is 24.6 Å². The molecule has 1 unspecified atom stereocenters. The predicted molar refractivity (Wildman–Crippen MR) is 77.7 cm³/mol. The van der Waals surface area contributed by atoms with E-state index in [1.54, 1.807) is 23.9 Å². The van der Waals surface area contributed by atoms with Crippen LogP contribution in [0.4, 0.5) is 18.0 Å². The summed E-state index contributed by atoms with van der Waals surface area (Å²) in [5.41, 5.74) is 1.09. The summed E-state index contributed by atoms with van der Waals surface area (Å²) in [6.45, 7) is 0.655. The van der Waals surface area contributed by atoms with E-state index in [-0.39, 0.29) is 11.8 Å². The third-order valence-electron chi connectivity index (χ3n) is 2.45. The van der Waals surface area contributed by atoms with E-state index in [2.05, 4.69) is 10.1 Å². The van der Waals surface area contributed by atoms with Gasteiger partial charge in [0.15, 0.2) is 6.61 Å². The molecular formula is C13H15ClF3NO2S. The molecule has 118 valence electrons. The molecule has 8 heteroatoms. The highest BCUT2D eigenvalue weighted by Crippen LogP contribution is 2.28. The number of benzene rings is 1. The van der Waals surface area contributed by atoms with E-state index in [4.69, 9.17) is 11.6 Å². The normalized spacial score (nSPS) is 12.8. The second-order valence-electron chi connectivity index (χ2n) is 4.18. The first-order valence-electron chi connectivity index (χ1n) is 6.12. The quantitative estimate of drug-likeness (QED) is 0.778. The summed E-state index contributed by atoms with van der Waals surface area (Å²) >= 11 is 7.36. The fourth-order valence-electron chi connectivity index (χ4n) is 1.42. The van der Waals surface area contributed by atoms with E-state index in [1.807, 2.05) is 19.1 Å². The molecule has 0 saturated carbocycles. The lowest BCUT2D eigenvalue weighted by Crippen LogP contribution is -2.30. The summed E-state index contributed by atoms with van der Waals surface area (Å²) in [6.07, 6.45) is -5.57. The third-order valence-corrected chi connectivity index (χ3v) is 3.91. The van der Waals surface area contributed by atoms with Gasteiger partial charge in [0.2, 0.25) is 0 Å². The number of halogens is 4. The number of ether oxygens (including phenoxy) is 1. The van der Waals surface area contributed by atoms with Gasteiger partial charge in [0.05, 0.1) is 0 Å². The van der Waals surface area contributed by atoms with Crippen molar-refractivity contribution in [2.24, 2.45) is 0 Å². The molecule has 0 saturated heterocycles. The Hall–Kier alpha value is -1.08. The van der Waals surface area contributed by atoms with Crippen molar-refractivity contribution in [3.63, 3.8) is 0 Å². The molecule has 1 amide bonds. The van der Waals surface area contributed by atoms with Crippen LogP contribution in [0, 0.1) is 0 Å². The lowest BCUT2D eigenvalue weighted by molar-refractivity contribution is -0.160. The Labute approximate surface area is 130 Å². The van der Waals surface area contributed by atoms with Crippen LogP contribution in [0.3, 0.4) is 0 Å². The van der Waals surface area contributed by atoms with Crippen LogP contribution in [-0.4, -0.2) is 31.2 Å². The molecule has 0 fully saturated rings. The molecule has 21 heavy (non-hydrogen) atoms. The second-order valence-corrected chi connectivity index (χ2v) is 6.07. The molecule has 0 radical (unpaired) electrons. The summed E-state index contributed by atoms with van der Waals surface area (Å²) in [5.74, 6) is 0.560. The van der Waals surface area contributed by atoms with E-state index in [9.17, 15) is 18.0 Å². The third kappa shape index (κ3) is 8.06. The zero-order chi connectivity index (χ0) is 15.9. The molecular weight excluding hydrogens is 327 g/mol. The van der Waals surface area contributed by atoms with Crippen LogP contribution in [0.5, 0.6) is 0 Å². The molecule has 1 N–H and O–H groups in total. The summed E-state index contributed by atoms with van der Waals surface area (Å²) in [4.78, 5) is 11.0. The molecule has 0 bridgehead atoms. The molecule has 0 aromatic heterocycles. The average Bonchev–Trinajstić information content (AvgIpc) is 2.41. The second kappa shape index (κ2) is 8.38. The van der Waals surface area contributed by atoms with Gasteiger partial charge in [-0.2, -0.15) is 24.9 Å². The van der Waals surface area contributed by atoms with Crippen molar-refractivity contribution in [3.8, 4) is 0 Å². The van der Waals surface area contributed by atoms with Gasteiger partial charge in [0.1, 0.15) is 0 Å². The van der Waals surface area contributed by atoms with Crippen LogP contribution in [-0.2, 0) is 4.74 Å². The Morgan fingerprint density at radius 1 is 1.38 bits per heavy atom. The van der Waals surface area contributed by atoms with Crippen LogP contribution in [0.2, 0.25) is 5.02 Å². The number of amides is 1. The Morgan fingerprint density at radius 2 is 2.00 bits per heavy atom. The lowest BCUT2D eigenvalue weighted by Gasteiger charge is -2.12. The fraction of sp³-hybridized carbons (Fsp3) is 0.462. The summed E-state index contributed by atoms with van der Waals surface area (Å²) < 4.78 is 39.4. The minimum atomic E-state index is -4.50. The van der Waals surface area contributed by atoms with Gasteiger partial charge in [-0.25, -0.2) is 4.79 Å². The SMILES string of the molecule is CC(SCCNC(=O)OCC(F)(F)F)c1ccc(Cl)cc1. The predicted octanol–water partition coefficient (Wildman–Crippen LogP) is 4.42. The molecule has 0 heterocycles. The van der Waals surface area contributed by atoms with Crippen LogP contribution in [0.15, 0.2) is 24.3 Å². The van der Waals surface area contributed by atoms with Gasteiger partial charge in [0, 0.05) is 22.6 Å². The van der Waals surface area contributed by atoms with Gasteiger partial charge >= 0.3 is 12.3 Å². The number of alkyl carbamates (subject to hydrolysis) is 1. The number of nitrogens with one attached hydrogen (secondary N) is 1. The molecule has 0 spiro atoms. The number of carbonyl (C=O) groups is 1. The summed E-state index contributed by atoms with van der Waals surface area (Å²) in [7, 11) is 0. The van der Waals surface area contributed by atoms with Crippen molar-refractivity contribution in [2.75, 3.05) is 18.9 Å². The topological polar surface area (TPSA) is 38.3 Å². The maximum atomic E-state index is 11.8. The molecule has 1 aromatic carbocycles. The van der Waals surface area contributed by atoms with Crippen molar-refractivity contribution >= 4 is 29.5 Å². The average molecular weight is 342 g/mol. The maximum Gasteiger partial charge on any atom is 0.422 e. The van der Waals surface area contributed by atoms with Crippen LogP contribution < -0.4 is 5.32 Å². The molecule has 3 nitrogen and oxygen atoms in total. The van der Waals surface area contributed by atoms with Crippen molar-refractivity contribution in [1.82, 2.24) is 5.32 Å². The standard InChI is InChI=1S/C13H15ClF3NO2S/c1-9(10-2-4-11(14)5-3-10)21-7-6-18-12(19)20-8-13(15,16)17/h2-5,9H,6-8H2,1H3,(H,18,19). The largest absolute Gasteiger partial charge is 0.440 e. The van der Waals surface area contributed by atoms with Crippen molar-refractivity contribution in [3.05, 3.63) is 34.9 Å². The van der Waals surface area contributed by atoms with E-state index in [0.29, 0.717) is 10.8 Å². The number of rotatable bonds is 6. The van der Waals surface area contributed by atoms with Crippen LogP contribution in [0.1, 0.15) is 17.7 Å². The number of alkyl halides is 3. The first-order chi connectivity index (χ1) is 9.78. The molecule has 1 atom stereocenters. The van der Waals surface area contributed by atoms with Crippen LogP contribution in [0.25, 0.3) is 0 Å². The van der Waals surface area contributed by atoms with Gasteiger partial charge < -0.3 is 10.1 Å². The number of hydrogen-bond acceptors (Lipinski definition) is 3. The summed E-state index contributed by atoms with van der Waals surface area (Å²) in [5, 5.41) is 3.12. The lowest BCUT2D eigenvalue weighted by atomic mass is 10.2. The Bertz CT molecular complexity index is 454. The Balaban J connectivity index is 2.19. The minimum Gasteiger partial charge on any atom is -0.440 e. The maximum absolute atomic E-state index is 11.8.